The molecule has 2 nitrogen and oxygen atoms in total. The predicted molar refractivity (Wildman–Crippen MR) is 74.1 cm³/mol. The van der Waals surface area contributed by atoms with Crippen LogP contribution in [0.3, 0.4) is 0 Å². The Kier molecular flexibility index (Phi) is 4.69. The molecule has 0 N–H and O–H groups in total. The van der Waals surface area contributed by atoms with E-state index in [1.165, 1.54) is 32.1 Å². The summed E-state index contributed by atoms with van der Waals surface area (Å²) in [6.07, 6.45) is 9.80. The van der Waals surface area contributed by atoms with Crippen molar-refractivity contribution in [3.8, 4) is 5.75 Å². The molecular formula is C13H17BrClNO. The minimum atomic E-state index is 0.292. The number of aromatic nitrogens is 1. The highest BCUT2D eigenvalue weighted by atomic mass is 79.9. The number of hydrogen-bond donors (Lipinski definition) is 0. The lowest BCUT2D eigenvalue weighted by molar-refractivity contribution is 0.121. The Morgan fingerprint density at radius 2 is 2.06 bits per heavy atom. The van der Waals surface area contributed by atoms with Crippen LogP contribution in [-0.4, -0.2) is 16.9 Å². The second-order valence-corrected chi connectivity index (χ2v) is 5.82. The number of hydrogen-bond acceptors (Lipinski definition) is 2. The molecule has 1 aliphatic rings. The summed E-state index contributed by atoms with van der Waals surface area (Å²) < 4.78 is 5.84. The molecule has 1 heterocycles. The zero-order chi connectivity index (χ0) is 12.1. The van der Waals surface area contributed by atoms with E-state index in [1.54, 1.807) is 12.4 Å². The van der Waals surface area contributed by atoms with Gasteiger partial charge in [0.2, 0.25) is 0 Å². The van der Waals surface area contributed by atoms with Crippen LogP contribution in [0.5, 0.6) is 5.75 Å². The Hall–Kier alpha value is -0.280. The molecule has 0 spiro atoms. The summed E-state index contributed by atoms with van der Waals surface area (Å²) in [5.74, 6) is 0.767. The Labute approximate surface area is 116 Å². The second-order valence-electron chi connectivity index (χ2n) is 4.82. The van der Waals surface area contributed by atoms with Crippen molar-refractivity contribution < 1.29 is 4.74 Å². The Bertz CT molecular complexity index is 366. The topological polar surface area (TPSA) is 22.1 Å². The number of halogens is 2. The zero-order valence-electron chi connectivity index (χ0n) is 9.79. The Morgan fingerprint density at radius 3 is 2.71 bits per heavy atom. The third-order valence-electron chi connectivity index (χ3n) is 3.42. The van der Waals surface area contributed by atoms with E-state index < -0.39 is 0 Å². The van der Waals surface area contributed by atoms with Crippen molar-refractivity contribution in [1.29, 1.82) is 0 Å². The minimum absolute atomic E-state index is 0.292. The van der Waals surface area contributed by atoms with E-state index in [0.717, 1.165) is 17.7 Å². The summed E-state index contributed by atoms with van der Waals surface area (Å²) >= 11 is 9.52. The number of rotatable bonds is 4. The average Bonchev–Trinajstić information content (AvgIpc) is 2.38. The molecule has 2 rings (SSSR count). The quantitative estimate of drug-likeness (QED) is 0.765. The summed E-state index contributed by atoms with van der Waals surface area (Å²) in [5.41, 5.74) is 0.292. The lowest BCUT2D eigenvalue weighted by Gasteiger charge is -2.35. The maximum absolute atomic E-state index is 5.88. The van der Waals surface area contributed by atoms with E-state index in [0.29, 0.717) is 10.4 Å². The normalized spacial score (nSPS) is 18.9. The van der Waals surface area contributed by atoms with E-state index in [-0.39, 0.29) is 0 Å². The van der Waals surface area contributed by atoms with Gasteiger partial charge in [-0.1, -0.05) is 46.8 Å². The second kappa shape index (κ2) is 6.05. The van der Waals surface area contributed by atoms with Crippen LogP contribution >= 0.6 is 27.5 Å². The molecule has 0 bridgehead atoms. The van der Waals surface area contributed by atoms with Gasteiger partial charge in [-0.05, 0) is 12.8 Å². The van der Waals surface area contributed by atoms with Gasteiger partial charge in [-0.25, -0.2) is 0 Å². The van der Waals surface area contributed by atoms with Crippen LogP contribution in [0, 0.1) is 5.41 Å². The fraction of sp³-hybridized carbons (Fsp3) is 0.615. The van der Waals surface area contributed by atoms with Gasteiger partial charge in [-0.3, -0.25) is 4.98 Å². The SMILES string of the molecule is Clc1cncc(OCC2(CBr)CCCCC2)c1. The molecule has 0 aromatic carbocycles. The highest BCUT2D eigenvalue weighted by Gasteiger charge is 2.31. The van der Waals surface area contributed by atoms with Gasteiger partial charge >= 0.3 is 0 Å². The zero-order valence-corrected chi connectivity index (χ0v) is 12.1. The maximum atomic E-state index is 5.88. The van der Waals surface area contributed by atoms with Crippen molar-refractivity contribution >= 4 is 27.5 Å². The third-order valence-corrected chi connectivity index (χ3v) is 4.82. The van der Waals surface area contributed by atoms with Crippen LogP contribution in [0.25, 0.3) is 0 Å². The number of ether oxygens (including phenoxy) is 1. The van der Waals surface area contributed by atoms with Crippen LogP contribution in [0.4, 0.5) is 0 Å². The van der Waals surface area contributed by atoms with Gasteiger partial charge in [0.15, 0.2) is 0 Å². The minimum Gasteiger partial charge on any atom is -0.491 e. The highest BCUT2D eigenvalue weighted by molar-refractivity contribution is 9.09. The van der Waals surface area contributed by atoms with Crippen LogP contribution in [0.1, 0.15) is 32.1 Å². The molecule has 1 aromatic heterocycles. The molecule has 0 atom stereocenters. The number of pyridine rings is 1. The van der Waals surface area contributed by atoms with E-state index in [4.69, 9.17) is 16.3 Å². The van der Waals surface area contributed by atoms with E-state index in [2.05, 4.69) is 20.9 Å². The van der Waals surface area contributed by atoms with E-state index in [9.17, 15) is 0 Å². The molecule has 94 valence electrons. The van der Waals surface area contributed by atoms with Crippen molar-refractivity contribution in [2.24, 2.45) is 5.41 Å². The Balaban J connectivity index is 1.95. The number of nitrogens with zero attached hydrogens (tertiary/aromatic N) is 1. The van der Waals surface area contributed by atoms with E-state index >= 15 is 0 Å². The largest absolute Gasteiger partial charge is 0.491 e. The summed E-state index contributed by atoms with van der Waals surface area (Å²) in [6.45, 7) is 0.750. The smallest absolute Gasteiger partial charge is 0.139 e. The molecule has 1 aromatic rings. The number of alkyl halides is 1. The molecule has 0 aliphatic heterocycles. The van der Waals surface area contributed by atoms with Gasteiger partial charge in [0.1, 0.15) is 5.75 Å². The molecule has 0 saturated heterocycles. The van der Waals surface area contributed by atoms with Crippen LogP contribution in [-0.2, 0) is 0 Å². The van der Waals surface area contributed by atoms with Crippen molar-refractivity contribution in [2.45, 2.75) is 32.1 Å². The maximum Gasteiger partial charge on any atom is 0.139 e. The van der Waals surface area contributed by atoms with E-state index in [1.807, 2.05) is 6.07 Å². The first-order valence-corrected chi connectivity index (χ1v) is 7.53. The van der Waals surface area contributed by atoms with Crippen molar-refractivity contribution in [2.75, 3.05) is 11.9 Å². The molecule has 1 fully saturated rings. The van der Waals surface area contributed by atoms with Gasteiger partial charge in [0.05, 0.1) is 17.8 Å². The molecule has 17 heavy (non-hydrogen) atoms. The summed E-state index contributed by atoms with van der Waals surface area (Å²) in [4.78, 5) is 4.03. The summed E-state index contributed by atoms with van der Waals surface area (Å²) in [5, 5.41) is 1.63. The summed E-state index contributed by atoms with van der Waals surface area (Å²) in [6, 6.07) is 1.82. The Morgan fingerprint density at radius 1 is 1.29 bits per heavy atom. The molecule has 0 radical (unpaired) electrons. The van der Waals surface area contributed by atoms with Crippen LogP contribution in [0.2, 0.25) is 5.02 Å². The van der Waals surface area contributed by atoms with Crippen LogP contribution < -0.4 is 4.74 Å². The average molecular weight is 319 g/mol. The summed E-state index contributed by atoms with van der Waals surface area (Å²) in [7, 11) is 0. The van der Waals surface area contributed by atoms with Gasteiger partial charge in [0.25, 0.3) is 0 Å². The standard InChI is InChI=1S/C13H17BrClNO/c14-9-13(4-2-1-3-5-13)10-17-12-6-11(15)7-16-8-12/h6-8H,1-5,9-10H2. The first kappa shape index (κ1) is 13.2. The first-order valence-electron chi connectivity index (χ1n) is 6.03. The van der Waals surface area contributed by atoms with Crippen molar-refractivity contribution in [1.82, 2.24) is 4.98 Å². The van der Waals surface area contributed by atoms with Gasteiger partial charge in [0, 0.05) is 23.0 Å². The lowest BCUT2D eigenvalue weighted by atomic mass is 9.76. The molecular weight excluding hydrogens is 302 g/mol. The first-order chi connectivity index (χ1) is 8.24. The molecule has 0 unspecified atom stereocenters. The monoisotopic (exact) mass is 317 g/mol. The third kappa shape index (κ3) is 3.59. The molecule has 1 saturated carbocycles. The molecule has 1 aliphatic carbocycles. The van der Waals surface area contributed by atoms with Crippen LogP contribution in [0.15, 0.2) is 18.5 Å². The highest BCUT2D eigenvalue weighted by Crippen LogP contribution is 2.38. The molecule has 4 heteroatoms. The van der Waals surface area contributed by atoms with Crippen molar-refractivity contribution in [3.63, 3.8) is 0 Å². The van der Waals surface area contributed by atoms with Gasteiger partial charge in [-0.15, -0.1) is 0 Å². The lowest BCUT2D eigenvalue weighted by Crippen LogP contribution is -2.32. The predicted octanol–water partition coefficient (Wildman–Crippen LogP) is 4.46. The molecule has 0 amide bonds. The fourth-order valence-corrected chi connectivity index (χ4v) is 3.21. The van der Waals surface area contributed by atoms with Gasteiger partial charge < -0.3 is 4.74 Å². The van der Waals surface area contributed by atoms with Gasteiger partial charge in [-0.2, -0.15) is 0 Å². The fourth-order valence-electron chi connectivity index (χ4n) is 2.33. The van der Waals surface area contributed by atoms with Crippen molar-refractivity contribution in [3.05, 3.63) is 23.5 Å².